The van der Waals surface area contributed by atoms with Gasteiger partial charge in [0, 0.05) is 6.42 Å². The largest absolute Gasteiger partial charge is 0.485 e. The molecule has 28 heavy (non-hydrogen) atoms. The molecule has 2 atom stereocenters. The van der Waals surface area contributed by atoms with Gasteiger partial charge < -0.3 is 19.1 Å². The van der Waals surface area contributed by atoms with E-state index in [0.29, 0.717) is 5.75 Å². The maximum atomic E-state index is 13.8. The van der Waals surface area contributed by atoms with Gasteiger partial charge >= 0.3 is 5.97 Å². The Balaban J connectivity index is 1.67. The highest BCUT2D eigenvalue weighted by Gasteiger charge is 2.41. The van der Waals surface area contributed by atoms with Crippen LogP contribution in [0.4, 0.5) is 4.39 Å². The lowest BCUT2D eigenvalue weighted by molar-refractivity contribution is -0.151. The molecule has 1 saturated heterocycles. The van der Waals surface area contributed by atoms with E-state index in [9.17, 15) is 14.0 Å². The van der Waals surface area contributed by atoms with Gasteiger partial charge in [-0.05, 0) is 36.8 Å². The van der Waals surface area contributed by atoms with Crippen molar-refractivity contribution in [1.29, 1.82) is 0 Å². The Morgan fingerprint density at radius 3 is 2.68 bits per heavy atom. The number of carbonyl (C=O) groups excluding carboxylic acids is 2. The minimum Gasteiger partial charge on any atom is -0.485 e. The fourth-order valence-corrected chi connectivity index (χ4v) is 3.17. The van der Waals surface area contributed by atoms with Crippen LogP contribution in [0.1, 0.15) is 12.0 Å². The molecule has 1 heterocycles. The molecule has 0 aliphatic carbocycles. The third kappa shape index (κ3) is 4.60. The van der Waals surface area contributed by atoms with Gasteiger partial charge in [0.15, 0.2) is 18.2 Å². The zero-order valence-corrected chi connectivity index (χ0v) is 15.8. The van der Waals surface area contributed by atoms with Crippen LogP contribution in [0.3, 0.4) is 0 Å². The van der Waals surface area contributed by atoms with Gasteiger partial charge in [-0.3, -0.25) is 4.79 Å². The summed E-state index contributed by atoms with van der Waals surface area (Å²) in [5.41, 5.74) is 1.01. The second-order valence-electron chi connectivity index (χ2n) is 6.60. The van der Waals surface area contributed by atoms with Crippen molar-refractivity contribution in [2.75, 3.05) is 20.3 Å². The number of nitrogens with zero attached hydrogens (tertiary/aromatic N) is 1. The standard InChI is InChI=1S/C21H22FNO5/c1-14-6-5-7-15(10-14)27-13-20(24)23-12-16(11-18(23)21(25)26-2)28-19-9-4-3-8-17(19)22/h3-10,16,18H,11-13H2,1-2H3. The van der Waals surface area contributed by atoms with Crippen molar-refractivity contribution in [3.8, 4) is 11.5 Å². The van der Waals surface area contributed by atoms with Crippen LogP contribution < -0.4 is 9.47 Å². The van der Waals surface area contributed by atoms with Gasteiger partial charge in [-0.1, -0.05) is 24.3 Å². The Hall–Kier alpha value is -3.09. The van der Waals surface area contributed by atoms with Crippen molar-refractivity contribution < 1.29 is 28.2 Å². The number of benzene rings is 2. The minimum atomic E-state index is -0.796. The molecule has 0 spiro atoms. The Morgan fingerprint density at radius 1 is 1.18 bits per heavy atom. The molecule has 6 nitrogen and oxygen atoms in total. The van der Waals surface area contributed by atoms with Crippen molar-refractivity contribution in [2.24, 2.45) is 0 Å². The number of amides is 1. The Labute approximate surface area is 162 Å². The highest BCUT2D eigenvalue weighted by Crippen LogP contribution is 2.26. The smallest absolute Gasteiger partial charge is 0.328 e. The second-order valence-corrected chi connectivity index (χ2v) is 6.60. The number of esters is 1. The summed E-state index contributed by atoms with van der Waals surface area (Å²) in [7, 11) is 1.26. The molecule has 2 aromatic carbocycles. The van der Waals surface area contributed by atoms with Crippen LogP contribution in [0.25, 0.3) is 0 Å². The summed E-state index contributed by atoms with van der Waals surface area (Å²) in [6, 6.07) is 12.6. The topological polar surface area (TPSA) is 65.1 Å². The molecule has 7 heteroatoms. The van der Waals surface area contributed by atoms with Crippen molar-refractivity contribution in [1.82, 2.24) is 4.90 Å². The zero-order valence-electron chi connectivity index (χ0n) is 15.8. The number of para-hydroxylation sites is 1. The molecule has 0 saturated carbocycles. The Bertz CT molecular complexity index is 856. The molecular weight excluding hydrogens is 365 g/mol. The lowest BCUT2D eigenvalue weighted by Crippen LogP contribution is -2.43. The van der Waals surface area contributed by atoms with Gasteiger partial charge in [-0.15, -0.1) is 0 Å². The van der Waals surface area contributed by atoms with E-state index in [2.05, 4.69) is 0 Å². The lowest BCUT2D eigenvalue weighted by Gasteiger charge is -2.22. The Kier molecular flexibility index (Phi) is 6.13. The SMILES string of the molecule is COC(=O)C1CC(Oc2ccccc2F)CN1C(=O)COc1cccc(C)c1. The molecule has 1 amide bonds. The highest BCUT2D eigenvalue weighted by molar-refractivity contribution is 5.86. The first-order chi connectivity index (χ1) is 13.5. The predicted octanol–water partition coefficient (Wildman–Crippen LogP) is 2.73. The van der Waals surface area contributed by atoms with Crippen molar-refractivity contribution >= 4 is 11.9 Å². The van der Waals surface area contributed by atoms with Gasteiger partial charge in [-0.25, -0.2) is 9.18 Å². The molecule has 1 aliphatic rings. The van der Waals surface area contributed by atoms with Crippen molar-refractivity contribution in [3.05, 3.63) is 59.9 Å². The van der Waals surface area contributed by atoms with Crippen molar-refractivity contribution in [3.63, 3.8) is 0 Å². The third-order valence-electron chi connectivity index (χ3n) is 4.54. The van der Waals surface area contributed by atoms with E-state index in [1.54, 1.807) is 18.2 Å². The number of rotatable bonds is 6. The van der Waals surface area contributed by atoms with Gasteiger partial charge in [0.1, 0.15) is 17.9 Å². The number of hydrogen-bond acceptors (Lipinski definition) is 5. The van der Waals surface area contributed by atoms with Crippen LogP contribution in [0.15, 0.2) is 48.5 Å². The van der Waals surface area contributed by atoms with E-state index in [0.717, 1.165) is 5.56 Å². The van der Waals surface area contributed by atoms with E-state index in [4.69, 9.17) is 14.2 Å². The second kappa shape index (κ2) is 8.73. The van der Waals surface area contributed by atoms with E-state index in [-0.39, 0.29) is 31.2 Å². The van der Waals surface area contributed by atoms with Gasteiger partial charge in [0.2, 0.25) is 0 Å². The van der Waals surface area contributed by atoms with Gasteiger partial charge in [0.05, 0.1) is 13.7 Å². The zero-order chi connectivity index (χ0) is 20.1. The molecular formula is C21H22FNO5. The van der Waals surface area contributed by atoms with E-state index < -0.39 is 23.9 Å². The maximum absolute atomic E-state index is 13.8. The summed E-state index contributed by atoms with van der Waals surface area (Å²) in [4.78, 5) is 26.2. The molecule has 148 valence electrons. The molecule has 2 aromatic rings. The summed E-state index contributed by atoms with van der Waals surface area (Å²) in [5.74, 6) is -0.743. The summed E-state index contributed by atoms with van der Waals surface area (Å²) >= 11 is 0. The number of ether oxygens (including phenoxy) is 3. The molecule has 0 radical (unpaired) electrons. The number of aryl methyl sites for hydroxylation is 1. The van der Waals surface area contributed by atoms with Crippen molar-refractivity contribution in [2.45, 2.75) is 25.5 Å². The molecule has 1 aliphatic heterocycles. The van der Waals surface area contributed by atoms with Crippen LogP contribution in [-0.2, 0) is 14.3 Å². The molecule has 2 unspecified atom stereocenters. The number of likely N-dealkylation sites (tertiary alicyclic amines) is 1. The van der Waals surface area contributed by atoms with Crippen LogP contribution in [-0.4, -0.2) is 49.2 Å². The maximum Gasteiger partial charge on any atom is 0.328 e. The van der Waals surface area contributed by atoms with Crippen LogP contribution in [0.2, 0.25) is 0 Å². The summed E-state index contributed by atoms with van der Waals surface area (Å²) in [6.45, 7) is 1.85. The van der Waals surface area contributed by atoms with E-state index in [1.807, 2.05) is 25.1 Å². The molecule has 0 bridgehead atoms. The van der Waals surface area contributed by atoms with Crippen LogP contribution in [0.5, 0.6) is 11.5 Å². The number of hydrogen-bond donors (Lipinski definition) is 0. The lowest BCUT2D eigenvalue weighted by atomic mass is 10.2. The van der Waals surface area contributed by atoms with Crippen LogP contribution in [0, 0.1) is 12.7 Å². The first-order valence-corrected chi connectivity index (χ1v) is 8.96. The third-order valence-corrected chi connectivity index (χ3v) is 4.54. The van der Waals surface area contributed by atoms with E-state index in [1.165, 1.54) is 24.1 Å². The minimum absolute atomic E-state index is 0.0847. The van der Waals surface area contributed by atoms with Gasteiger partial charge in [-0.2, -0.15) is 0 Å². The average molecular weight is 387 g/mol. The quantitative estimate of drug-likeness (QED) is 0.713. The number of halogens is 1. The Morgan fingerprint density at radius 2 is 1.96 bits per heavy atom. The fraction of sp³-hybridized carbons (Fsp3) is 0.333. The number of carbonyl (C=O) groups is 2. The normalized spacial score (nSPS) is 18.6. The number of methoxy groups -OCH3 is 1. The highest BCUT2D eigenvalue weighted by atomic mass is 19.1. The monoisotopic (exact) mass is 387 g/mol. The summed E-state index contributed by atoms with van der Waals surface area (Å²) in [5, 5.41) is 0. The van der Waals surface area contributed by atoms with E-state index >= 15 is 0 Å². The average Bonchev–Trinajstić information content (AvgIpc) is 3.11. The first-order valence-electron chi connectivity index (χ1n) is 8.96. The first kappa shape index (κ1) is 19.7. The molecule has 3 rings (SSSR count). The summed E-state index contributed by atoms with van der Waals surface area (Å²) in [6.07, 6.45) is -0.305. The summed E-state index contributed by atoms with van der Waals surface area (Å²) < 4.78 is 29.9. The molecule has 0 aromatic heterocycles. The predicted molar refractivity (Wildman–Crippen MR) is 99.6 cm³/mol. The fourth-order valence-electron chi connectivity index (χ4n) is 3.17. The van der Waals surface area contributed by atoms with Gasteiger partial charge in [0.25, 0.3) is 5.91 Å². The van der Waals surface area contributed by atoms with Crippen LogP contribution >= 0.6 is 0 Å². The molecule has 1 fully saturated rings. The molecule has 0 N–H and O–H groups in total.